The largest absolute Gasteiger partial charge is 0.466 e. The van der Waals surface area contributed by atoms with Gasteiger partial charge in [0.25, 0.3) is 0 Å². The third-order valence-corrected chi connectivity index (χ3v) is 4.57. The average Bonchev–Trinajstić information content (AvgIpc) is 2.52. The first-order valence-electron chi connectivity index (χ1n) is 7.23. The third-order valence-electron chi connectivity index (χ3n) is 4.57. The topological polar surface area (TPSA) is 32.8 Å². The molecule has 2 aliphatic heterocycles. The summed E-state index contributed by atoms with van der Waals surface area (Å²) in [4.78, 5) is 16.6. The van der Waals surface area contributed by atoms with E-state index in [9.17, 15) is 4.79 Å². The van der Waals surface area contributed by atoms with Crippen molar-refractivity contribution in [2.24, 2.45) is 0 Å². The van der Waals surface area contributed by atoms with Crippen molar-refractivity contribution in [3.8, 4) is 0 Å². The highest BCUT2D eigenvalue weighted by molar-refractivity contribution is 5.70. The lowest BCUT2D eigenvalue weighted by Crippen LogP contribution is -2.41. The van der Waals surface area contributed by atoms with Crippen LogP contribution in [0.4, 0.5) is 0 Å². The monoisotopic (exact) mass is 254 g/mol. The molecule has 0 aliphatic carbocycles. The number of likely N-dealkylation sites (N-methyl/N-ethyl adjacent to an activating group) is 1. The average molecular weight is 254 g/mol. The second-order valence-electron chi connectivity index (χ2n) is 5.69. The summed E-state index contributed by atoms with van der Waals surface area (Å²) < 4.78 is 5.04. The fraction of sp³-hybridized carbons (Fsp3) is 0.929. The molecule has 18 heavy (non-hydrogen) atoms. The summed E-state index contributed by atoms with van der Waals surface area (Å²) in [5, 5.41) is 0. The molecule has 0 N–H and O–H groups in total. The van der Waals surface area contributed by atoms with Crippen molar-refractivity contribution in [2.75, 3.05) is 26.7 Å². The van der Waals surface area contributed by atoms with Gasteiger partial charge < -0.3 is 4.74 Å². The molecule has 2 aliphatic rings. The highest BCUT2D eigenvalue weighted by atomic mass is 16.5. The quantitative estimate of drug-likeness (QED) is 0.712. The van der Waals surface area contributed by atoms with Crippen molar-refractivity contribution in [1.29, 1.82) is 0 Å². The van der Waals surface area contributed by atoms with Crippen LogP contribution in [-0.4, -0.2) is 60.6 Å². The number of fused-ring (bicyclic) bond motifs is 2. The maximum atomic E-state index is 11.5. The van der Waals surface area contributed by atoms with Gasteiger partial charge in [0, 0.05) is 24.7 Å². The normalized spacial score (nSPS) is 31.1. The molecular weight excluding hydrogens is 228 g/mol. The molecule has 0 amide bonds. The predicted octanol–water partition coefficient (Wildman–Crippen LogP) is 1.50. The standard InChI is InChI=1S/C14H26N2O2/c1-4-18-14(17)9-11(2)16-8-7-12-5-6-13(10-16)15(12)3/h11-13H,4-10H2,1-3H3. The number of nitrogens with zero attached hydrogens (tertiary/aromatic N) is 2. The number of carbonyl (C=O) groups excluding carboxylic acids is 1. The van der Waals surface area contributed by atoms with Crippen LogP contribution in [0.5, 0.6) is 0 Å². The van der Waals surface area contributed by atoms with Gasteiger partial charge in [0.1, 0.15) is 0 Å². The zero-order valence-electron chi connectivity index (χ0n) is 11.9. The van der Waals surface area contributed by atoms with Crippen molar-refractivity contribution < 1.29 is 9.53 Å². The van der Waals surface area contributed by atoms with E-state index < -0.39 is 0 Å². The molecule has 0 aromatic rings. The number of hydrogen-bond donors (Lipinski definition) is 0. The molecule has 2 rings (SSSR count). The summed E-state index contributed by atoms with van der Waals surface area (Å²) in [6, 6.07) is 1.74. The van der Waals surface area contributed by atoms with E-state index in [-0.39, 0.29) is 5.97 Å². The van der Waals surface area contributed by atoms with Crippen LogP contribution in [0.15, 0.2) is 0 Å². The van der Waals surface area contributed by atoms with Crippen LogP contribution < -0.4 is 0 Å². The molecule has 2 fully saturated rings. The number of carbonyl (C=O) groups is 1. The minimum absolute atomic E-state index is 0.0623. The van der Waals surface area contributed by atoms with E-state index >= 15 is 0 Å². The Morgan fingerprint density at radius 3 is 2.78 bits per heavy atom. The second-order valence-corrected chi connectivity index (χ2v) is 5.69. The highest BCUT2D eigenvalue weighted by Gasteiger charge is 2.35. The van der Waals surface area contributed by atoms with Crippen LogP contribution in [0.3, 0.4) is 0 Å². The van der Waals surface area contributed by atoms with Gasteiger partial charge in [0.2, 0.25) is 0 Å². The van der Waals surface area contributed by atoms with E-state index in [1.807, 2.05) is 6.92 Å². The van der Waals surface area contributed by atoms with E-state index in [2.05, 4.69) is 23.8 Å². The van der Waals surface area contributed by atoms with Gasteiger partial charge in [-0.05, 0) is 46.7 Å². The molecule has 2 saturated heterocycles. The van der Waals surface area contributed by atoms with Crippen LogP contribution in [0.1, 0.15) is 39.5 Å². The first kappa shape index (κ1) is 13.8. The molecule has 0 radical (unpaired) electrons. The lowest BCUT2D eigenvalue weighted by molar-refractivity contribution is -0.144. The molecule has 0 spiro atoms. The highest BCUT2D eigenvalue weighted by Crippen LogP contribution is 2.29. The minimum atomic E-state index is -0.0623. The van der Waals surface area contributed by atoms with Gasteiger partial charge in [-0.2, -0.15) is 0 Å². The van der Waals surface area contributed by atoms with Crippen molar-refractivity contribution in [3.05, 3.63) is 0 Å². The Kier molecular flexibility index (Phi) is 4.62. The fourth-order valence-electron chi connectivity index (χ4n) is 3.33. The molecule has 2 bridgehead atoms. The van der Waals surface area contributed by atoms with E-state index in [0.29, 0.717) is 25.1 Å². The molecule has 2 heterocycles. The maximum absolute atomic E-state index is 11.5. The predicted molar refractivity (Wildman–Crippen MR) is 71.5 cm³/mol. The molecule has 3 atom stereocenters. The zero-order valence-corrected chi connectivity index (χ0v) is 11.9. The summed E-state index contributed by atoms with van der Waals surface area (Å²) >= 11 is 0. The molecule has 0 saturated carbocycles. The first-order valence-corrected chi connectivity index (χ1v) is 7.23. The van der Waals surface area contributed by atoms with Crippen LogP contribution >= 0.6 is 0 Å². The van der Waals surface area contributed by atoms with Crippen molar-refractivity contribution in [1.82, 2.24) is 9.80 Å². The number of rotatable bonds is 4. The summed E-state index contributed by atoms with van der Waals surface area (Å²) in [5.41, 5.74) is 0. The van der Waals surface area contributed by atoms with Gasteiger partial charge in [-0.15, -0.1) is 0 Å². The second kappa shape index (κ2) is 6.02. The van der Waals surface area contributed by atoms with Gasteiger partial charge in [-0.1, -0.05) is 0 Å². The Balaban J connectivity index is 1.87. The molecule has 0 aromatic heterocycles. The molecule has 104 valence electrons. The van der Waals surface area contributed by atoms with Gasteiger partial charge in [0.15, 0.2) is 0 Å². The summed E-state index contributed by atoms with van der Waals surface area (Å²) in [5.74, 6) is -0.0623. The maximum Gasteiger partial charge on any atom is 0.307 e. The number of likely N-dealkylation sites (tertiary alicyclic amines) is 1. The van der Waals surface area contributed by atoms with Gasteiger partial charge in [-0.25, -0.2) is 0 Å². The number of esters is 1. The zero-order chi connectivity index (χ0) is 13.1. The molecule has 4 nitrogen and oxygen atoms in total. The van der Waals surface area contributed by atoms with Crippen LogP contribution in [-0.2, 0) is 9.53 Å². The minimum Gasteiger partial charge on any atom is -0.466 e. The molecular formula is C14H26N2O2. The van der Waals surface area contributed by atoms with E-state index in [1.54, 1.807) is 0 Å². The fourth-order valence-corrected chi connectivity index (χ4v) is 3.33. The van der Waals surface area contributed by atoms with E-state index in [0.717, 1.165) is 19.1 Å². The third kappa shape index (κ3) is 3.04. The van der Waals surface area contributed by atoms with Crippen LogP contribution in [0.2, 0.25) is 0 Å². The lowest BCUT2D eigenvalue weighted by Gasteiger charge is -2.30. The number of hydrogen-bond acceptors (Lipinski definition) is 4. The van der Waals surface area contributed by atoms with Gasteiger partial charge in [-0.3, -0.25) is 14.6 Å². The van der Waals surface area contributed by atoms with Gasteiger partial charge in [0.05, 0.1) is 13.0 Å². The Hall–Kier alpha value is -0.610. The van der Waals surface area contributed by atoms with Crippen molar-refractivity contribution >= 4 is 5.97 Å². The molecule has 4 heteroatoms. The van der Waals surface area contributed by atoms with Crippen molar-refractivity contribution in [2.45, 2.75) is 57.7 Å². The Morgan fingerprint density at radius 1 is 1.33 bits per heavy atom. The Morgan fingerprint density at radius 2 is 2.06 bits per heavy atom. The SMILES string of the molecule is CCOC(=O)CC(C)N1CCC2CCC(C1)N2C. The smallest absolute Gasteiger partial charge is 0.307 e. The summed E-state index contributed by atoms with van der Waals surface area (Å²) in [6.45, 7) is 6.72. The number of ether oxygens (including phenoxy) is 1. The summed E-state index contributed by atoms with van der Waals surface area (Å²) in [6.07, 6.45) is 4.42. The van der Waals surface area contributed by atoms with E-state index in [1.165, 1.54) is 19.3 Å². The lowest BCUT2D eigenvalue weighted by atomic mass is 10.1. The molecule has 3 unspecified atom stereocenters. The van der Waals surface area contributed by atoms with Crippen LogP contribution in [0, 0.1) is 0 Å². The Labute approximate surface area is 110 Å². The van der Waals surface area contributed by atoms with Crippen LogP contribution in [0.25, 0.3) is 0 Å². The summed E-state index contributed by atoms with van der Waals surface area (Å²) in [7, 11) is 2.25. The first-order chi connectivity index (χ1) is 8.61. The molecule has 0 aromatic carbocycles. The Bertz CT molecular complexity index is 296. The van der Waals surface area contributed by atoms with Crippen molar-refractivity contribution in [3.63, 3.8) is 0 Å². The van der Waals surface area contributed by atoms with Gasteiger partial charge >= 0.3 is 5.97 Å². The van der Waals surface area contributed by atoms with E-state index in [4.69, 9.17) is 4.74 Å².